The third-order valence-electron chi connectivity index (χ3n) is 1.92. The van der Waals surface area contributed by atoms with Crippen molar-refractivity contribution in [1.82, 2.24) is 0 Å². The van der Waals surface area contributed by atoms with Gasteiger partial charge < -0.3 is 9.84 Å². The fourth-order valence-corrected chi connectivity index (χ4v) is 1.15. The number of unbranched alkanes of at least 4 members (excludes halogenated alkanes) is 4. The molecule has 0 radical (unpaired) electrons. The Labute approximate surface area is 90.4 Å². The number of halogens is 1. The lowest BCUT2D eigenvalue weighted by Gasteiger charge is -2.05. The van der Waals surface area contributed by atoms with Crippen molar-refractivity contribution in [2.75, 3.05) is 13.2 Å². The summed E-state index contributed by atoms with van der Waals surface area (Å²) in [6, 6.07) is 0. The molecule has 0 aliphatic carbocycles. The Balaban J connectivity index is 3.09. The maximum Gasteiger partial charge on any atom is 0.324 e. The largest absolute Gasteiger partial charge is 0.480 e. The molecule has 1 N–H and O–H groups in total. The molecule has 0 saturated heterocycles. The highest BCUT2D eigenvalue weighted by atomic mass is 35.5. The monoisotopic (exact) mass is 222 g/mol. The van der Waals surface area contributed by atoms with Gasteiger partial charge in [0.05, 0.1) is 6.61 Å². The molecule has 0 aromatic rings. The number of rotatable bonds is 9. The topological polar surface area (TPSA) is 46.5 Å². The van der Waals surface area contributed by atoms with Crippen LogP contribution in [-0.4, -0.2) is 29.7 Å². The summed E-state index contributed by atoms with van der Waals surface area (Å²) >= 11 is 5.45. The van der Waals surface area contributed by atoms with Crippen molar-refractivity contribution in [3.05, 3.63) is 0 Å². The zero-order valence-corrected chi connectivity index (χ0v) is 9.42. The molecule has 0 bridgehead atoms. The second-order valence-electron chi connectivity index (χ2n) is 3.29. The Morgan fingerprint density at radius 1 is 1.36 bits per heavy atom. The zero-order chi connectivity index (χ0) is 10.8. The lowest BCUT2D eigenvalue weighted by Crippen LogP contribution is -2.19. The van der Waals surface area contributed by atoms with Gasteiger partial charge in [-0.3, -0.25) is 4.79 Å². The first-order valence-corrected chi connectivity index (χ1v) is 5.56. The minimum absolute atomic E-state index is 0.102. The normalized spacial score (nSPS) is 12.7. The summed E-state index contributed by atoms with van der Waals surface area (Å²) in [5.41, 5.74) is 0. The predicted octanol–water partition coefficient (Wildman–Crippen LogP) is 2.67. The summed E-state index contributed by atoms with van der Waals surface area (Å²) in [5.74, 6) is -1.02. The van der Waals surface area contributed by atoms with Crippen LogP contribution >= 0.6 is 11.6 Å². The second kappa shape index (κ2) is 9.28. The molecular weight excluding hydrogens is 204 g/mol. The summed E-state index contributed by atoms with van der Waals surface area (Å²) in [7, 11) is 0. The van der Waals surface area contributed by atoms with E-state index in [9.17, 15) is 4.79 Å². The van der Waals surface area contributed by atoms with E-state index < -0.39 is 11.3 Å². The first kappa shape index (κ1) is 13.7. The number of carboxylic acid groups (broad SMARTS) is 1. The van der Waals surface area contributed by atoms with E-state index in [0.717, 1.165) is 12.8 Å². The van der Waals surface area contributed by atoms with E-state index in [4.69, 9.17) is 21.4 Å². The molecule has 14 heavy (non-hydrogen) atoms. The van der Waals surface area contributed by atoms with Crippen molar-refractivity contribution in [2.24, 2.45) is 0 Å². The lowest BCUT2D eigenvalue weighted by atomic mass is 10.2. The van der Waals surface area contributed by atoms with E-state index in [2.05, 4.69) is 6.92 Å². The van der Waals surface area contributed by atoms with E-state index in [1.165, 1.54) is 19.3 Å². The molecule has 0 amide bonds. The van der Waals surface area contributed by atoms with Crippen LogP contribution in [0.4, 0.5) is 0 Å². The molecule has 0 aliphatic heterocycles. The van der Waals surface area contributed by atoms with E-state index in [1.807, 2.05) is 0 Å². The van der Waals surface area contributed by atoms with E-state index in [1.54, 1.807) is 0 Å². The van der Waals surface area contributed by atoms with Gasteiger partial charge in [-0.15, -0.1) is 11.6 Å². The number of hydrogen-bond acceptors (Lipinski definition) is 2. The highest BCUT2D eigenvalue weighted by Gasteiger charge is 2.12. The Morgan fingerprint density at radius 2 is 2.00 bits per heavy atom. The molecular formula is C10H19ClO3. The molecule has 1 unspecified atom stereocenters. The Kier molecular flexibility index (Phi) is 9.10. The quantitative estimate of drug-likeness (QED) is 0.482. The van der Waals surface area contributed by atoms with Gasteiger partial charge in [0.2, 0.25) is 0 Å². The maximum atomic E-state index is 10.3. The molecule has 84 valence electrons. The first-order chi connectivity index (χ1) is 6.68. The summed E-state index contributed by atoms with van der Waals surface area (Å²) in [6.07, 6.45) is 5.84. The average molecular weight is 223 g/mol. The van der Waals surface area contributed by atoms with Crippen molar-refractivity contribution >= 4 is 17.6 Å². The zero-order valence-electron chi connectivity index (χ0n) is 8.67. The number of carboxylic acids is 1. The number of carbonyl (C=O) groups is 1. The maximum absolute atomic E-state index is 10.3. The molecule has 0 spiro atoms. The standard InChI is InChI=1S/C10H19ClO3/c1-2-3-4-5-6-7-14-8-9(11)10(12)13/h9H,2-8H2,1H3,(H,12,13). The number of hydrogen-bond donors (Lipinski definition) is 1. The van der Waals surface area contributed by atoms with E-state index >= 15 is 0 Å². The van der Waals surface area contributed by atoms with E-state index in [-0.39, 0.29) is 6.61 Å². The van der Waals surface area contributed by atoms with Gasteiger partial charge in [0.1, 0.15) is 0 Å². The number of aliphatic carboxylic acids is 1. The second-order valence-corrected chi connectivity index (χ2v) is 3.82. The Morgan fingerprint density at radius 3 is 2.57 bits per heavy atom. The van der Waals surface area contributed by atoms with Gasteiger partial charge in [0.15, 0.2) is 5.38 Å². The lowest BCUT2D eigenvalue weighted by molar-refractivity contribution is -0.137. The van der Waals surface area contributed by atoms with Gasteiger partial charge in [-0.05, 0) is 6.42 Å². The highest BCUT2D eigenvalue weighted by molar-refractivity contribution is 6.29. The molecule has 0 heterocycles. The molecule has 0 rings (SSSR count). The van der Waals surface area contributed by atoms with Crippen LogP contribution in [0.5, 0.6) is 0 Å². The summed E-state index contributed by atoms with van der Waals surface area (Å²) in [6.45, 7) is 2.88. The van der Waals surface area contributed by atoms with Gasteiger partial charge in [0.25, 0.3) is 0 Å². The van der Waals surface area contributed by atoms with Crippen molar-refractivity contribution in [3.8, 4) is 0 Å². The first-order valence-electron chi connectivity index (χ1n) is 5.13. The molecule has 0 aromatic carbocycles. The molecule has 0 fully saturated rings. The third-order valence-corrected chi connectivity index (χ3v) is 2.24. The van der Waals surface area contributed by atoms with Gasteiger partial charge in [0, 0.05) is 6.61 Å². The smallest absolute Gasteiger partial charge is 0.324 e. The molecule has 3 nitrogen and oxygen atoms in total. The third kappa shape index (κ3) is 8.32. The van der Waals surface area contributed by atoms with Crippen molar-refractivity contribution < 1.29 is 14.6 Å². The van der Waals surface area contributed by atoms with Crippen LogP contribution < -0.4 is 0 Å². The molecule has 1 atom stereocenters. The van der Waals surface area contributed by atoms with Crippen LogP contribution in [0.25, 0.3) is 0 Å². The predicted molar refractivity (Wildman–Crippen MR) is 56.9 cm³/mol. The minimum atomic E-state index is -1.02. The van der Waals surface area contributed by atoms with Crippen LogP contribution in [0.3, 0.4) is 0 Å². The van der Waals surface area contributed by atoms with Gasteiger partial charge >= 0.3 is 5.97 Å². The van der Waals surface area contributed by atoms with Gasteiger partial charge in [-0.1, -0.05) is 32.6 Å². The van der Waals surface area contributed by atoms with E-state index in [0.29, 0.717) is 6.61 Å². The summed E-state index contributed by atoms with van der Waals surface area (Å²) in [4.78, 5) is 10.3. The molecule has 0 aliphatic rings. The SMILES string of the molecule is CCCCCCCOCC(Cl)C(=O)O. The van der Waals surface area contributed by atoms with Crippen LogP contribution in [0, 0.1) is 0 Å². The summed E-state index contributed by atoms with van der Waals surface area (Å²) in [5, 5.41) is 7.53. The Bertz CT molecular complexity index is 150. The molecule has 0 aromatic heterocycles. The fourth-order valence-electron chi connectivity index (χ4n) is 1.07. The van der Waals surface area contributed by atoms with Crippen LogP contribution in [0.15, 0.2) is 0 Å². The fraction of sp³-hybridized carbons (Fsp3) is 0.900. The van der Waals surface area contributed by atoms with Crippen LogP contribution in [-0.2, 0) is 9.53 Å². The molecule has 4 heteroatoms. The summed E-state index contributed by atoms with van der Waals surface area (Å²) < 4.78 is 5.12. The van der Waals surface area contributed by atoms with Crippen molar-refractivity contribution in [2.45, 2.75) is 44.4 Å². The minimum Gasteiger partial charge on any atom is -0.480 e. The number of alkyl halides is 1. The average Bonchev–Trinajstić information content (AvgIpc) is 2.16. The Hall–Kier alpha value is -0.280. The van der Waals surface area contributed by atoms with Crippen LogP contribution in [0.2, 0.25) is 0 Å². The van der Waals surface area contributed by atoms with Crippen molar-refractivity contribution in [3.63, 3.8) is 0 Å². The van der Waals surface area contributed by atoms with Gasteiger partial charge in [-0.25, -0.2) is 0 Å². The van der Waals surface area contributed by atoms with Gasteiger partial charge in [-0.2, -0.15) is 0 Å². The number of ether oxygens (including phenoxy) is 1. The van der Waals surface area contributed by atoms with Crippen molar-refractivity contribution in [1.29, 1.82) is 0 Å². The van der Waals surface area contributed by atoms with Crippen LogP contribution in [0.1, 0.15) is 39.0 Å². The molecule has 0 saturated carbocycles. The highest BCUT2D eigenvalue weighted by Crippen LogP contribution is 2.03.